The zero-order valence-electron chi connectivity index (χ0n) is 14.0. The van der Waals surface area contributed by atoms with E-state index in [1.807, 2.05) is 50.2 Å². The van der Waals surface area contributed by atoms with E-state index in [4.69, 9.17) is 4.74 Å². The van der Waals surface area contributed by atoms with E-state index in [0.29, 0.717) is 18.0 Å². The van der Waals surface area contributed by atoms with Gasteiger partial charge in [-0.2, -0.15) is 0 Å². The summed E-state index contributed by atoms with van der Waals surface area (Å²) in [5.74, 6) is 0.136. The molecule has 0 atom stereocenters. The van der Waals surface area contributed by atoms with Gasteiger partial charge in [0.15, 0.2) is 0 Å². The number of benzene rings is 2. The SMILES string of the molecule is CCOc1ccccc1NC(=O)CNC(=O)Cc1ccccc1C. The largest absolute Gasteiger partial charge is 0.492 e. The van der Waals surface area contributed by atoms with Crippen LogP contribution < -0.4 is 15.4 Å². The van der Waals surface area contributed by atoms with Crippen molar-refractivity contribution in [3.05, 3.63) is 59.7 Å². The number of hydrogen-bond donors (Lipinski definition) is 2. The van der Waals surface area contributed by atoms with Gasteiger partial charge >= 0.3 is 0 Å². The highest BCUT2D eigenvalue weighted by Gasteiger charge is 2.10. The molecule has 0 aromatic heterocycles. The topological polar surface area (TPSA) is 67.4 Å². The van der Waals surface area contributed by atoms with Crippen LogP contribution in [0.15, 0.2) is 48.5 Å². The van der Waals surface area contributed by atoms with E-state index in [0.717, 1.165) is 11.1 Å². The summed E-state index contributed by atoms with van der Waals surface area (Å²) in [6.07, 6.45) is 0.259. The van der Waals surface area contributed by atoms with Crippen LogP contribution in [-0.4, -0.2) is 25.0 Å². The van der Waals surface area contributed by atoms with Gasteiger partial charge in [0.25, 0.3) is 0 Å². The Morgan fingerprint density at radius 3 is 2.46 bits per heavy atom. The van der Waals surface area contributed by atoms with Crippen molar-refractivity contribution in [3.8, 4) is 5.75 Å². The summed E-state index contributed by atoms with van der Waals surface area (Å²) in [5.41, 5.74) is 2.61. The van der Waals surface area contributed by atoms with E-state index in [9.17, 15) is 9.59 Å². The average Bonchev–Trinajstić information content (AvgIpc) is 2.57. The molecule has 2 aromatic carbocycles. The average molecular weight is 326 g/mol. The maximum atomic E-state index is 12.0. The summed E-state index contributed by atoms with van der Waals surface area (Å²) in [6, 6.07) is 14.9. The number of hydrogen-bond acceptors (Lipinski definition) is 3. The van der Waals surface area contributed by atoms with Crippen LogP contribution in [0.3, 0.4) is 0 Å². The normalized spacial score (nSPS) is 10.1. The van der Waals surface area contributed by atoms with E-state index in [-0.39, 0.29) is 24.8 Å². The van der Waals surface area contributed by atoms with Gasteiger partial charge in [-0.1, -0.05) is 36.4 Å². The summed E-state index contributed by atoms with van der Waals surface area (Å²) in [4.78, 5) is 24.0. The van der Waals surface area contributed by atoms with E-state index in [2.05, 4.69) is 10.6 Å². The lowest BCUT2D eigenvalue weighted by Crippen LogP contribution is -2.34. The third-order valence-electron chi connectivity index (χ3n) is 3.52. The fourth-order valence-corrected chi connectivity index (χ4v) is 2.27. The number of amides is 2. The molecule has 2 amide bonds. The van der Waals surface area contributed by atoms with Gasteiger partial charge in [-0.25, -0.2) is 0 Å². The zero-order chi connectivity index (χ0) is 17.4. The molecule has 0 saturated carbocycles. The predicted octanol–water partition coefficient (Wildman–Crippen LogP) is 2.69. The minimum Gasteiger partial charge on any atom is -0.492 e. The summed E-state index contributed by atoms with van der Waals surface area (Å²) in [6.45, 7) is 4.27. The van der Waals surface area contributed by atoms with Crippen LogP contribution in [0.2, 0.25) is 0 Å². The molecular weight excluding hydrogens is 304 g/mol. The van der Waals surface area contributed by atoms with Crippen LogP contribution in [0.5, 0.6) is 5.75 Å². The van der Waals surface area contributed by atoms with Crippen molar-refractivity contribution in [1.82, 2.24) is 5.32 Å². The highest BCUT2D eigenvalue weighted by atomic mass is 16.5. The lowest BCUT2D eigenvalue weighted by atomic mass is 10.1. The molecule has 0 saturated heterocycles. The first-order chi connectivity index (χ1) is 11.6. The molecule has 0 spiro atoms. The maximum absolute atomic E-state index is 12.0. The molecule has 2 aromatic rings. The van der Waals surface area contributed by atoms with Gasteiger partial charge in [-0.15, -0.1) is 0 Å². The lowest BCUT2D eigenvalue weighted by molar-refractivity contribution is -0.123. The van der Waals surface area contributed by atoms with Crippen LogP contribution in [0, 0.1) is 6.92 Å². The number of anilines is 1. The van der Waals surface area contributed by atoms with Crippen LogP contribution in [0.25, 0.3) is 0 Å². The first-order valence-electron chi connectivity index (χ1n) is 7.93. The first kappa shape index (κ1) is 17.5. The van der Waals surface area contributed by atoms with E-state index >= 15 is 0 Å². The van der Waals surface area contributed by atoms with Gasteiger partial charge in [0.1, 0.15) is 5.75 Å². The Morgan fingerprint density at radius 1 is 1.00 bits per heavy atom. The second-order valence-corrected chi connectivity index (χ2v) is 5.36. The molecule has 5 heteroatoms. The number of carbonyl (C=O) groups excluding carboxylic acids is 2. The quantitative estimate of drug-likeness (QED) is 0.822. The van der Waals surface area contributed by atoms with Crippen molar-refractivity contribution >= 4 is 17.5 Å². The third kappa shape index (κ3) is 5.12. The summed E-state index contributed by atoms with van der Waals surface area (Å²) in [5, 5.41) is 5.39. The minimum atomic E-state index is -0.291. The molecule has 0 aliphatic rings. The fraction of sp³-hybridized carbons (Fsp3) is 0.263. The molecule has 0 bridgehead atoms. The van der Waals surface area contributed by atoms with E-state index in [1.54, 1.807) is 12.1 Å². The highest BCUT2D eigenvalue weighted by molar-refractivity contribution is 5.95. The molecule has 0 fully saturated rings. The molecule has 0 aliphatic carbocycles. The standard InChI is InChI=1S/C19H22N2O3/c1-3-24-17-11-7-6-10-16(17)21-19(23)13-20-18(22)12-15-9-5-4-8-14(15)2/h4-11H,3,12-13H2,1-2H3,(H,20,22)(H,21,23). The highest BCUT2D eigenvalue weighted by Crippen LogP contribution is 2.23. The molecule has 0 aliphatic heterocycles. The minimum absolute atomic E-state index is 0.0782. The number of para-hydroxylation sites is 2. The van der Waals surface area contributed by atoms with Crippen molar-refractivity contribution in [2.75, 3.05) is 18.5 Å². The molecule has 5 nitrogen and oxygen atoms in total. The number of carbonyl (C=O) groups is 2. The van der Waals surface area contributed by atoms with Gasteiger partial charge in [0.2, 0.25) is 11.8 Å². The molecular formula is C19H22N2O3. The van der Waals surface area contributed by atoms with Gasteiger partial charge in [0.05, 0.1) is 25.3 Å². The number of rotatable bonds is 7. The van der Waals surface area contributed by atoms with Crippen LogP contribution in [0.4, 0.5) is 5.69 Å². The van der Waals surface area contributed by atoms with Crippen molar-refractivity contribution in [1.29, 1.82) is 0 Å². The Bertz CT molecular complexity index is 713. The Hall–Kier alpha value is -2.82. The second-order valence-electron chi connectivity index (χ2n) is 5.36. The third-order valence-corrected chi connectivity index (χ3v) is 3.52. The van der Waals surface area contributed by atoms with Crippen LogP contribution in [-0.2, 0) is 16.0 Å². The van der Waals surface area contributed by atoms with Crippen molar-refractivity contribution < 1.29 is 14.3 Å². The molecule has 0 radical (unpaired) electrons. The fourth-order valence-electron chi connectivity index (χ4n) is 2.27. The van der Waals surface area contributed by atoms with E-state index < -0.39 is 0 Å². The van der Waals surface area contributed by atoms with Crippen molar-refractivity contribution in [3.63, 3.8) is 0 Å². The van der Waals surface area contributed by atoms with Crippen LogP contribution >= 0.6 is 0 Å². The van der Waals surface area contributed by atoms with Crippen molar-refractivity contribution in [2.24, 2.45) is 0 Å². The number of nitrogens with one attached hydrogen (secondary N) is 2. The molecule has 0 unspecified atom stereocenters. The van der Waals surface area contributed by atoms with Crippen molar-refractivity contribution in [2.45, 2.75) is 20.3 Å². The Labute approximate surface area is 142 Å². The van der Waals surface area contributed by atoms with Gasteiger partial charge < -0.3 is 15.4 Å². The van der Waals surface area contributed by atoms with Crippen LogP contribution in [0.1, 0.15) is 18.1 Å². The molecule has 2 N–H and O–H groups in total. The lowest BCUT2D eigenvalue weighted by Gasteiger charge is -2.12. The van der Waals surface area contributed by atoms with E-state index in [1.165, 1.54) is 0 Å². The predicted molar refractivity (Wildman–Crippen MR) is 94.1 cm³/mol. The Balaban J connectivity index is 1.85. The van der Waals surface area contributed by atoms with Gasteiger partial charge in [0, 0.05) is 0 Å². The van der Waals surface area contributed by atoms with Gasteiger partial charge in [-0.05, 0) is 37.1 Å². The Kier molecular flexibility index (Phi) is 6.37. The summed E-state index contributed by atoms with van der Waals surface area (Å²) >= 11 is 0. The smallest absolute Gasteiger partial charge is 0.243 e. The first-order valence-corrected chi connectivity index (χ1v) is 7.93. The second kappa shape index (κ2) is 8.72. The molecule has 0 heterocycles. The van der Waals surface area contributed by atoms with Gasteiger partial charge in [-0.3, -0.25) is 9.59 Å². The summed E-state index contributed by atoms with van der Waals surface area (Å²) in [7, 11) is 0. The monoisotopic (exact) mass is 326 g/mol. The molecule has 2 rings (SSSR count). The Morgan fingerprint density at radius 2 is 1.71 bits per heavy atom. The zero-order valence-corrected chi connectivity index (χ0v) is 14.0. The number of ether oxygens (including phenoxy) is 1. The number of aryl methyl sites for hydroxylation is 1. The molecule has 126 valence electrons. The molecule has 24 heavy (non-hydrogen) atoms. The maximum Gasteiger partial charge on any atom is 0.243 e. The summed E-state index contributed by atoms with van der Waals surface area (Å²) < 4.78 is 5.45.